The van der Waals surface area contributed by atoms with Crippen molar-refractivity contribution in [1.82, 2.24) is 15.2 Å². The zero-order valence-corrected chi connectivity index (χ0v) is 14.1. The van der Waals surface area contributed by atoms with Gasteiger partial charge in [0.1, 0.15) is 11.6 Å². The molecule has 0 unspecified atom stereocenters. The molecule has 0 saturated carbocycles. The van der Waals surface area contributed by atoms with Crippen molar-refractivity contribution in [2.45, 2.75) is 13.0 Å². The Balaban J connectivity index is 1.41. The van der Waals surface area contributed by atoms with Crippen LogP contribution in [0.3, 0.4) is 0 Å². The molecule has 0 aliphatic rings. The van der Waals surface area contributed by atoms with Crippen LogP contribution in [0.1, 0.15) is 12.0 Å². The first-order valence-electron chi connectivity index (χ1n) is 8.24. The molecule has 7 nitrogen and oxygen atoms in total. The Bertz CT molecular complexity index is 810. The Kier molecular flexibility index (Phi) is 6.09. The number of carbonyl (C=O) groups excluding carboxylic acids is 1. The van der Waals surface area contributed by atoms with Gasteiger partial charge in [0.15, 0.2) is 5.82 Å². The van der Waals surface area contributed by atoms with E-state index < -0.39 is 0 Å². The number of benzene rings is 1. The van der Waals surface area contributed by atoms with Gasteiger partial charge in [-0.2, -0.15) is 0 Å². The molecule has 0 aliphatic heterocycles. The lowest BCUT2D eigenvalue weighted by molar-refractivity contribution is -0.116. The number of hydrogen-bond donors (Lipinski definition) is 2. The minimum Gasteiger partial charge on any atom is -0.493 e. The number of aromatic nitrogens is 3. The summed E-state index contributed by atoms with van der Waals surface area (Å²) in [7, 11) is 0. The minimum atomic E-state index is -0.173. The molecule has 0 atom stereocenters. The number of anilines is 2. The number of amides is 1. The van der Waals surface area contributed by atoms with Gasteiger partial charge in [-0.1, -0.05) is 18.2 Å². The predicted molar refractivity (Wildman–Crippen MR) is 98.8 cm³/mol. The minimum absolute atomic E-state index is 0.173. The second kappa shape index (κ2) is 9.12. The van der Waals surface area contributed by atoms with E-state index in [1.54, 1.807) is 24.5 Å². The standard InChI is InChI=1S/C19H19N5O2/c25-19(10-13-26-16-4-2-1-3-5-16)22-18-7-6-17(23-24-18)21-14-15-8-11-20-12-9-15/h1-9,11-12H,10,13-14H2,(H,21,23)(H,22,24,25). The highest BCUT2D eigenvalue weighted by atomic mass is 16.5. The SMILES string of the molecule is O=C(CCOc1ccccc1)Nc1ccc(NCc2ccncc2)nn1. The van der Waals surface area contributed by atoms with Crippen molar-refractivity contribution in [2.24, 2.45) is 0 Å². The van der Waals surface area contributed by atoms with E-state index in [2.05, 4.69) is 25.8 Å². The lowest BCUT2D eigenvalue weighted by Gasteiger charge is -2.08. The molecule has 0 spiro atoms. The van der Waals surface area contributed by atoms with Crippen LogP contribution >= 0.6 is 0 Å². The Morgan fingerprint density at radius 1 is 0.923 bits per heavy atom. The molecule has 2 aromatic heterocycles. The summed E-state index contributed by atoms with van der Waals surface area (Å²) >= 11 is 0. The quantitative estimate of drug-likeness (QED) is 0.650. The molecule has 0 fully saturated rings. The summed E-state index contributed by atoms with van der Waals surface area (Å²) in [5, 5.41) is 13.9. The highest BCUT2D eigenvalue weighted by molar-refractivity contribution is 5.89. The third-order valence-electron chi connectivity index (χ3n) is 3.50. The number of hydrogen-bond acceptors (Lipinski definition) is 6. The fourth-order valence-corrected chi connectivity index (χ4v) is 2.17. The van der Waals surface area contributed by atoms with Crippen LogP contribution in [0.5, 0.6) is 5.75 Å². The molecule has 2 N–H and O–H groups in total. The summed E-state index contributed by atoms with van der Waals surface area (Å²) in [4.78, 5) is 15.9. The number of rotatable bonds is 8. The first-order chi connectivity index (χ1) is 12.8. The first-order valence-corrected chi connectivity index (χ1v) is 8.24. The highest BCUT2D eigenvalue weighted by Crippen LogP contribution is 2.10. The maximum atomic E-state index is 11.9. The van der Waals surface area contributed by atoms with Gasteiger partial charge < -0.3 is 15.4 Å². The number of nitrogens with zero attached hydrogens (tertiary/aromatic N) is 3. The smallest absolute Gasteiger partial charge is 0.229 e. The lowest BCUT2D eigenvalue weighted by Crippen LogP contribution is -2.16. The second-order valence-corrected chi connectivity index (χ2v) is 5.47. The molecule has 0 saturated heterocycles. The van der Waals surface area contributed by atoms with Gasteiger partial charge in [0.05, 0.1) is 13.0 Å². The zero-order valence-electron chi connectivity index (χ0n) is 14.1. The average Bonchev–Trinajstić information content (AvgIpc) is 2.69. The van der Waals surface area contributed by atoms with Crippen LogP contribution in [0, 0.1) is 0 Å². The summed E-state index contributed by atoms with van der Waals surface area (Å²) in [5.41, 5.74) is 1.09. The van der Waals surface area contributed by atoms with Gasteiger partial charge in [0, 0.05) is 18.9 Å². The van der Waals surface area contributed by atoms with Gasteiger partial charge >= 0.3 is 0 Å². The van der Waals surface area contributed by atoms with Crippen molar-refractivity contribution in [3.8, 4) is 5.75 Å². The molecular weight excluding hydrogens is 330 g/mol. The van der Waals surface area contributed by atoms with Gasteiger partial charge in [-0.3, -0.25) is 9.78 Å². The molecule has 7 heteroatoms. The maximum absolute atomic E-state index is 11.9. The molecule has 3 aromatic rings. The van der Waals surface area contributed by atoms with E-state index >= 15 is 0 Å². The number of nitrogens with one attached hydrogen (secondary N) is 2. The van der Waals surface area contributed by atoms with E-state index in [0.29, 0.717) is 24.8 Å². The third kappa shape index (κ3) is 5.55. The molecule has 26 heavy (non-hydrogen) atoms. The topological polar surface area (TPSA) is 89.0 Å². The van der Waals surface area contributed by atoms with E-state index in [9.17, 15) is 4.79 Å². The van der Waals surface area contributed by atoms with E-state index in [0.717, 1.165) is 11.3 Å². The normalized spacial score (nSPS) is 10.2. The largest absolute Gasteiger partial charge is 0.493 e. The zero-order chi connectivity index (χ0) is 18.0. The van der Waals surface area contributed by atoms with Crippen molar-refractivity contribution >= 4 is 17.5 Å². The highest BCUT2D eigenvalue weighted by Gasteiger charge is 2.05. The summed E-state index contributed by atoms with van der Waals surface area (Å²) < 4.78 is 5.50. The summed E-state index contributed by atoms with van der Waals surface area (Å²) in [6.45, 7) is 0.925. The average molecular weight is 349 g/mol. The Morgan fingerprint density at radius 3 is 2.38 bits per heavy atom. The van der Waals surface area contributed by atoms with E-state index in [4.69, 9.17) is 4.74 Å². The van der Waals surface area contributed by atoms with Crippen LogP contribution in [-0.2, 0) is 11.3 Å². The fraction of sp³-hybridized carbons (Fsp3) is 0.158. The Morgan fingerprint density at radius 2 is 1.65 bits per heavy atom. The molecule has 3 rings (SSSR count). The summed E-state index contributed by atoms with van der Waals surface area (Å²) in [6.07, 6.45) is 3.71. The Hall–Kier alpha value is -3.48. The van der Waals surface area contributed by atoms with Crippen molar-refractivity contribution < 1.29 is 9.53 Å². The molecule has 1 amide bonds. The van der Waals surface area contributed by atoms with Crippen LogP contribution in [-0.4, -0.2) is 27.7 Å². The van der Waals surface area contributed by atoms with Crippen molar-refractivity contribution in [3.63, 3.8) is 0 Å². The number of ether oxygens (including phenoxy) is 1. The second-order valence-electron chi connectivity index (χ2n) is 5.47. The van der Waals surface area contributed by atoms with Gasteiger partial charge in [-0.15, -0.1) is 10.2 Å². The van der Waals surface area contributed by atoms with E-state index in [-0.39, 0.29) is 12.3 Å². The van der Waals surface area contributed by atoms with Crippen molar-refractivity contribution in [1.29, 1.82) is 0 Å². The van der Waals surface area contributed by atoms with Crippen LogP contribution in [0.2, 0.25) is 0 Å². The van der Waals surface area contributed by atoms with Crippen LogP contribution < -0.4 is 15.4 Å². The molecule has 0 aliphatic carbocycles. The van der Waals surface area contributed by atoms with Gasteiger partial charge in [0.25, 0.3) is 0 Å². The molecule has 2 heterocycles. The fourth-order valence-electron chi connectivity index (χ4n) is 2.17. The van der Waals surface area contributed by atoms with Crippen LogP contribution in [0.15, 0.2) is 67.0 Å². The molecule has 0 radical (unpaired) electrons. The monoisotopic (exact) mass is 349 g/mol. The van der Waals surface area contributed by atoms with Crippen LogP contribution in [0.4, 0.5) is 11.6 Å². The number of pyridine rings is 1. The predicted octanol–water partition coefficient (Wildman–Crippen LogP) is 2.89. The lowest BCUT2D eigenvalue weighted by atomic mass is 10.3. The van der Waals surface area contributed by atoms with E-state index in [1.165, 1.54) is 0 Å². The molecule has 1 aromatic carbocycles. The van der Waals surface area contributed by atoms with Crippen molar-refractivity contribution in [3.05, 3.63) is 72.6 Å². The third-order valence-corrected chi connectivity index (χ3v) is 3.50. The first kappa shape index (κ1) is 17.3. The van der Waals surface area contributed by atoms with Crippen molar-refractivity contribution in [2.75, 3.05) is 17.2 Å². The molecule has 0 bridgehead atoms. The van der Waals surface area contributed by atoms with Gasteiger partial charge in [-0.25, -0.2) is 0 Å². The Labute approximate surface area is 151 Å². The summed E-state index contributed by atoms with van der Waals surface area (Å²) in [6, 6.07) is 16.7. The van der Waals surface area contributed by atoms with Crippen LogP contribution in [0.25, 0.3) is 0 Å². The van der Waals surface area contributed by atoms with Gasteiger partial charge in [-0.05, 0) is 42.0 Å². The van der Waals surface area contributed by atoms with E-state index in [1.807, 2.05) is 42.5 Å². The summed E-state index contributed by atoms with van der Waals surface area (Å²) in [5.74, 6) is 1.61. The van der Waals surface area contributed by atoms with Gasteiger partial charge in [0.2, 0.25) is 5.91 Å². The molecular formula is C19H19N5O2. The maximum Gasteiger partial charge on any atom is 0.229 e. The number of para-hydroxylation sites is 1. The number of carbonyl (C=O) groups is 1. The molecule has 132 valence electrons.